The smallest absolute Gasteiger partial charge is 0.0151 e. The van der Waals surface area contributed by atoms with Crippen LogP contribution in [0.5, 0.6) is 0 Å². The van der Waals surface area contributed by atoms with Crippen molar-refractivity contribution in [1.29, 1.82) is 0 Å². The minimum atomic E-state index is 1.08. The lowest BCUT2D eigenvalue weighted by atomic mass is 9.91. The SMILES string of the molecule is CN(C)CC/C=C1/c2ccccc2CCSc2ccccc21. The summed E-state index contributed by atoms with van der Waals surface area (Å²) in [5.74, 6) is 1.15. The molecule has 0 atom stereocenters. The van der Waals surface area contributed by atoms with Gasteiger partial charge < -0.3 is 4.90 Å². The summed E-state index contributed by atoms with van der Waals surface area (Å²) in [4.78, 5) is 3.65. The average molecular weight is 309 g/mol. The molecule has 0 fully saturated rings. The van der Waals surface area contributed by atoms with Crippen LogP contribution in [0.2, 0.25) is 0 Å². The van der Waals surface area contributed by atoms with Crippen molar-refractivity contribution in [3.05, 3.63) is 71.3 Å². The van der Waals surface area contributed by atoms with E-state index in [2.05, 4.69) is 73.6 Å². The molecule has 0 saturated heterocycles. The standard InChI is InChI=1S/C20H23NS/c1-21(2)14-7-11-18-17-9-4-3-8-16(17)13-15-22-20-12-6-5-10-19(18)20/h3-6,8-12H,7,13-15H2,1-2H3/b18-11-. The Morgan fingerprint density at radius 3 is 2.55 bits per heavy atom. The Morgan fingerprint density at radius 1 is 1.00 bits per heavy atom. The molecular weight excluding hydrogens is 286 g/mol. The van der Waals surface area contributed by atoms with E-state index in [0.29, 0.717) is 0 Å². The summed E-state index contributed by atoms with van der Waals surface area (Å²) in [5, 5.41) is 0. The third-order valence-electron chi connectivity index (χ3n) is 4.04. The average Bonchev–Trinajstić information content (AvgIpc) is 2.51. The molecule has 1 aliphatic heterocycles. The summed E-state index contributed by atoms with van der Waals surface area (Å²) in [6, 6.07) is 17.7. The molecule has 0 aliphatic carbocycles. The predicted molar refractivity (Wildman–Crippen MR) is 97.6 cm³/mol. The number of thioether (sulfide) groups is 1. The number of benzene rings is 2. The Labute approximate surface area is 138 Å². The van der Waals surface area contributed by atoms with E-state index in [4.69, 9.17) is 0 Å². The summed E-state index contributed by atoms with van der Waals surface area (Å²) in [7, 11) is 4.27. The van der Waals surface area contributed by atoms with E-state index in [0.717, 1.165) is 25.1 Å². The maximum Gasteiger partial charge on any atom is 0.0151 e. The van der Waals surface area contributed by atoms with Crippen molar-refractivity contribution in [1.82, 2.24) is 4.90 Å². The lowest BCUT2D eigenvalue weighted by Crippen LogP contribution is -2.12. The van der Waals surface area contributed by atoms with Gasteiger partial charge in [0, 0.05) is 17.2 Å². The highest BCUT2D eigenvalue weighted by Crippen LogP contribution is 2.36. The third kappa shape index (κ3) is 3.45. The Bertz CT molecular complexity index is 623. The van der Waals surface area contributed by atoms with E-state index >= 15 is 0 Å². The molecule has 114 valence electrons. The Morgan fingerprint density at radius 2 is 1.73 bits per heavy atom. The largest absolute Gasteiger partial charge is 0.309 e. The molecule has 1 heterocycles. The van der Waals surface area contributed by atoms with Crippen LogP contribution in [0.15, 0.2) is 59.5 Å². The van der Waals surface area contributed by atoms with Gasteiger partial charge in [0.2, 0.25) is 0 Å². The van der Waals surface area contributed by atoms with Gasteiger partial charge in [0.1, 0.15) is 0 Å². The summed E-state index contributed by atoms with van der Waals surface area (Å²) >= 11 is 1.98. The molecule has 0 bridgehead atoms. The second-order valence-corrected chi connectivity index (χ2v) is 7.10. The fourth-order valence-corrected chi connectivity index (χ4v) is 3.97. The summed E-state index contributed by atoms with van der Waals surface area (Å²) in [5.41, 5.74) is 5.67. The van der Waals surface area contributed by atoms with Crippen LogP contribution in [-0.2, 0) is 6.42 Å². The van der Waals surface area contributed by atoms with Gasteiger partial charge in [0.05, 0.1) is 0 Å². The van der Waals surface area contributed by atoms with Crippen molar-refractivity contribution >= 4 is 17.3 Å². The van der Waals surface area contributed by atoms with E-state index in [-0.39, 0.29) is 0 Å². The maximum atomic E-state index is 2.42. The monoisotopic (exact) mass is 309 g/mol. The van der Waals surface area contributed by atoms with Gasteiger partial charge in [-0.15, -0.1) is 11.8 Å². The van der Waals surface area contributed by atoms with Crippen LogP contribution in [-0.4, -0.2) is 31.3 Å². The van der Waals surface area contributed by atoms with Crippen molar-refractivity contribution in [2.75, 3.05) is 26.4 Å². The van der Waals surface area contributed by atoms with Crippen molar-refractivity contribution in [2.24, 2.45) is 0 Å². The lowest BCUT2D eigenvalue weighted by Gasteiger charge is -2.20. The fraction of sp³-hybridized carbons (Fsp3) is 0.300. The summed E-state index contributed by atoms with van der Waals surface area (Å²) in [6.45, 7) is 1.08. The number of rotatable bonds is 3. The molecule has 0 spiro atoms. The Kier molecular flexibility index (Phi) is 5.01. The highest BCUT2D eigenvalue weighted by atomic mass is 32.2. The van der Waals surface area contributed by atoms with Gasteiger partial charge in [-0.05, 0) is 55.3 Å². The van der Waals surface area contributed by atoms with Crippen molar-refractivity contribution in [3.63, 3.8) is 0 Å². The molecule has 2 aromatic carbocycles. The van der Waals surface area contributed by atoms with Gasteiger partial charge in [-0.3, -0.25) is 0 Å². The summed E-state index contributed by atoms with van der Waals surface area (Å²) in [6.07, 6.45) is 4.64. The van der Waals surface area contributed by atoms with E-state index in [9.17, 15) is 0 Å². The molecule has 0 N–H and O–H groups in total. The van der Waals surface area contributed by atoms with Crippen molar-refractivity contribution < 1.29 is 0 Å². The fourth-order valence-electron chi connectivity index (χ4n) is 2.92. The number of hydrogen-bond acceptors (Lipinski definition) is 2. The topological polar surface area (TPSA) is 3.24 Å². The second-order valence-electron chi connectivity index (χ2n) is 5.96. The first kappa shape index (κ1) is 15.4. The summed E-state index contributed by atoms with van der Waals surface area (Å²) < 4.78 is 0. The van der Waals surface area contributed by atoms with Gasteiger partial charge in [-0.25, -0.2) is 0 Å². The quantitative estimate of drug-likeness (QED) is 0.807. The molecule has 3 rings (SSSR count). The van der Waals surface area contributed by atoms with E-state index in [1.807, 2.05) is 11.8 Å². The van der Waals surface area contributed by atoms with E-state index in [1.165, 1.54) is 27.2 Å². The first-order valence-electron chi connectivity index (χ1n) is 7.91. The maximum absolute atomic E-state index is 2.42. The zero-order chi connectivity index (χ0) is 15.4. The van der Waals surface area contributed by atoms with Gasteiger partial charge >= 0.3 is 0 Å². The minimum Gasteiger partial charge on any atom is -0.309 e. The normalized spacial score (nSPS) is 16.0. The van der Waals surface area contributed by atoms with Crippen LogP contribution in [0.1, 0.15) is 23.1 Å². The van der Waals surface area contributed by atoms with E-state index < -0.39 is 0 Å². The molecule has 2 heteroatoms. The molecule has 2 aromatic rings. The minimum absolute atomic E-state index is 1.08. The highest BCUT2D eigenvalue weighted by molar-refractivity contribution is 7.99. The first-order chi connectivity index (χ1) is 10.8. The van der Waals surface area contributed by atoms with Gasteiger partial charge in [0.15, 0.2) is 0 Å². The Balaban J connectivity index is 2.08. The van der Waals surface area contributed by atoms with Gasteiger partial charge in [0.25, 0.3) is 0 Å². The first-order valence-corrected chi connectivity index (χ1v) is 8.89. The lowest BCUT2D eigenvalue weighted by molar-refractivity contribution is 0.417. The number of aryl methyl sites for hydroxylation is 1. The molecule has 1 aliphatic rings. The zero-order valence-electron chi connectivity index (χ0n) is 13.4. The molecule has 0 unspecified atom stereocenters. The van der Waals surface area contributed by atoms with Crippen LogP contribution >= 0.6 is 11.8 Å². The van der Waals surface area contributed by atoms with E-state index in [1.54, 1.807) is 0 Å². The number of fused-ring (bicyclic) bond motifs is 2. The zero-order valence-corrected chi connectivity index (χ0v) is 14.2. The van der Waals surface area contributed by atoms with Crippen molar-refractivity contribution in [2.45, 2.75) is 17.7 Å². The van der Waals surface area contributed by atoms with Crippen LogP contribution in [0, 0.1) is 0 Å². The molecule has 0 saturated carbocycles. The van der Waals surface area contributed by atoms with Gasteiger partial charge in [-0.2, -0.15) is 0 Å². The van der Waals surface area contributed by atoms with Gasteiger partial charge in [-0.1, -0.05) is 48.5 Å². The molecular formula is C20H23NS. The van der Waals surface area contributed by atoms with Crippen LogP contribution < -0.4 is 0 Å². The molecule has 1 nitrogen and oxygen atoms in total. The highest BCUT2D eigenvalue weighted by Gasteiger charge is 2.16. The molecule has 0 radical (unpaired) electrons. The van der Waals surface area contributed by atoms with Crippen LogP contribution in [0.3, 0.4) is 0 Å². The number of hydrogen-bond donors (Lipinski definition) is 0. The molecule has 22 heavy (non-hydrogen) atoms. The molecule has 0 amide bonds. The molecule has 0 aromatic heterocycles. The second kappa shape index (κ2) is 7.17. The van der Waals surface area contributed by atoms with Crippen molar-refractivity contribution in [3.8, 4) is 0 Å². The Hall–Kier alpha value is -1.51. The van der Waals surface area contributed by atoms with Crippen LogP contribution in [0.4, 0.5) is 0 Å². The van der Waals surface area contributed by atoms with Crippen LogP contribution in [0.25, 0.3) is 5.57 Å². The number of nitrogens with zero attached hydrogens (tertiary/aromatic N) is 1. The third-order valence-corrected chi connectivity index (χ3v) is 5.11. The predicted octanol–water partition coefficient (Wildman–Crippen LogP) is 4.72.